The van der Waals surface area contributed by atoms with Crippen LogP contribution in [0.2, 0.25) is 0 Å². The maximum atomic E-state index is 11.9. The molecule has 3 aromatic rings. The predicted molar refractivity (Wildman–Crippen MR) is 76.8 cm³/mol. The van der Waals surface area contributed by atoms with Gasteiger partial charge < -0.3 is 5.32 Å². The summed E-state index contributed by atoms with van der Waals surface area (Å²) in [5.41, 5.74) is 1.74. The van der Waals surface area contributed by atoms with Gasteiger partial charge in [-0.2, -0.15) is 9.50 Å². The van der Waals surface area contributed by atoms with Gasteiger partial charge in [0, 0.05) is 18.3 Å². The molecule has 0 amide bonds. The lowest BCUT2D eigenvalue weighted by atomic mass is 10.2. The van der Waals surface area contributed by atoms with Crippen molar-refractivity contribution in [2.45, 2.75) is 19.9 Å². The smallest absolute Gasteiger partial charge is 0.274 e. The van der Waals surface area contributed by atoms with Crippen LogP contribution in [0, 0.1) is 0 Å². The Balaban J connectivity index is 1.86. The lowest BCUT2D eigenvalue weighted by molar-refractivity contribution is 0.873. The first-order chi connectivity index (χ1) is 9.76. The zero-order valence-electron chi connectivity index (χ0n) is 11.1. The molecule has 0 atom stereocenters. The Hall–Kier alpha value is -2.63. The quantitative estimate of drug-likeness (QED) is 0.754. The van der Waals surface area contributed by atoms with Crippen molar-refractivity contribution in [2.24, 2.45) is 0 Å². The Morgan fingerprint density at radius 3 is 2.80 bits per heavy atom. The van der Waals surface area contributed by atoms with E-state index < -0.39 is 0 Å². The van der Waals surface area contributed by atoms with Gasteiger partial charge in [0.2, 0.25) is 5.95 Å². The Morgan fingerprint density at radius 1 is 1.25 bits per heavy atom. The first kappa shape index (κ1) is 12.4. The molecule has 0 radical (unpaired) electrons. The number of aromatic amines is 1. The van der Waals surface area contributed by atoms with Crippen molar-refractivity contribution < 1.29 is 0 Å². The van der Waals surface area contributed by atoms with E-state index >= 15 is 0 Å². The fraction of sp³-hybridized carbons (Fsp3) is 0.214. The molecule has 0 spiro atoms. The predicted octanol–water partition coefficient (Wildman–Crippen LogP) is 1.59. The summed E-state index contributed by atoms with van der Waals surface area (Å²) >= 11 is 0. The molecule has 0 saturated heterocycles. The molecule has 2 aromatic heterocycles. The molecule has 2 heterocycles. The molecule has 0 bridgehead atoms. The monoisotopic (exact) mass is 269 g/mol. The number of anilines is 1. The molecule has 6 nitrogen and oxygen atoms in total. The lowest BCUT2D eigenvalue weighted by Gasteiger charge is -2.01. The van der Waals surface area contributed by atoms with Crippen LogP contribution < -0.4 is 10.9 Å². The first-order valence-electron chi connectivity index (χ1n) is 6.53. The van der Waals surface area contributed by atoms with Gasteiger partial charge in [0.25, 0.3) is 11.3 Å². The Morgan fingerprint density at radius 2 is 2.05 bits per heavy atom. The van der Waals surface area contributed by atoms with Crippen molar-refractivity contribution in [3.05, 3.63) is 58.0 Å². The highest BCUT2D eigenvalue weighted by molar-refractivity contribution is 5.37. The third-order valence-electron chi connectivity index (χ3n) is 3.05. The fourth-order valence-electron chi connectivity index (χ4n) is 1.97. The van der Waals surface area contributed by atoms with Crippen LogP contribution in [0.1, 0.15) is 18.2 Å². The van der Waals surface area contributed by atoms with Crippen LogP contribution in [0.15, 0.2) is 41.2 Å². The summed E-state index contributed by atoms with van der Waals surface area (Å²) in [6, 6.07) is 11.5. The van der Waals surface area contributed by atoms with E-state index in [1.165, 1.54) is 10.6 Å². The van der Waals surface area contributed by atoms with Crippen LogP contribution in [-0.2, 0) is 13.0 Å². The molecule has 3 rings (SSSR count). The number of rotatable bonds is 4. The molecule has 0 fully saturated rings. The van der Waals surface area contributed by atoms with E-state index in [0.29, 0.717) is 24.7 Å². The summed E-state index contributed by atoms with van der Waals surface area (Å²) in [5.74, 6) is 0.927. The topological polar surface area (TPSA) is 75.1 Å². The summed E-state index contributed by atoms with van der Waals surface area (Å²) in [6.07, 6.45) is 0.714. The molecule has 0 aliphatic rings. The molecule has 20 heavy (non-hydrogen) atoms. The lowest BCUT2D eigenvalue weighted by Crippen LogP contribution is -2.15. The van der Waals surface area contributed by atoms with Crippen LogP contribution in [0.3, 0.4) is 0 Å². The first-order valence-corrected chi connectivity index (χ1v) is 6.53. The zero-order valence-corrected chi connectivity index (χ0v) is 11.1. The van der Waals surface area contributed by atoms with Gasteiger partial charge in [-0.05, 0) is 12.0 Å². The Labute approximate surface area is 115 Å². The molecule has 102 valence electrons. The Kier molecular flexibility index (Phi) is 3.20. The minimum Gasteiger partial charge on any atom is -0.351 e. The molecule has 0 aliphatic carbocycles. The second-order valence-electron chi connectivity index (χ2n) is 4.49. The maximum absolute atomic E-state index is 11.9. The standard InChI is InChI=1S/C14H15N5O/c1-2-11-8-12(20)19-14(16-11)17-13(18-19)15-9-10-6-4-3-5-7-10/h3-8H,2,9H2,1H3,(H2,15,16,17,18). The van der Waals surface area contributed by atoms with E-state index in [2.05, 4.69) is 20.4 Å². The third kappa shape index (κ3) is 2.40. The highest BCUT2D eigenvalue weighted by atomic mass is 16.1. The normalized spacial score (nSPS) is 10.8. The van der Waals surface area contributed by atoms with Gasteiger partial charge in [-0.1, -0.05) is 37.3 Å². The van der Waals surface area contributed by atoms with Crippen molar-refractivity contribution in [3.8, 4) is 0 Å². The fourth-order valence-corrected chi connectivity index (χ4v) is 1.97. The highest BCUT2D eigenvalue weighted by Crippen LogP contribution is 2.05. The number of benzene rings is 1. The molecular weight excluding hydrogens is 254 g/mol. The van der Waals surface area contributed by atoms with E-state index in [1.807, 2.05) is 37.3 Å². The van der Waals surface area contributed by atoms with E-state index in [9.17, 15) is 4.79 Å². The summed E-state index contributed by atoms with van der Waals surface area (Å²) in [6.45, 7) is 2.59. The van der Waals surface area contributed by atoms with Crippen LogP contribution in [0.4, 0.5) is 5.95 Å². The summed E-state index contributed by atoms with van der Waals surface area (Å²) in [5, 5.41) is 6.05. The second-order valence-corrected chi connectivity index (χ2v) is 4.49. The van der Waals surface area contributed by atoms with Crippen LogP contribution in [-0.4, -0.2) is 19.6 Å². The van der Waals surface area contributed by atoms with E-state index in [4.69, 9.17) is 0 Å². The van der Waals surface area contributed by atoms with E-state index in [1.54, 1.807) is 0 Å². The van der Waals surface area contributed by atoms with Crippen LogP contribution >= 0.6 is 0 Å². The van der Waals surface area contributed by atoms with Crippen molar-refractivity contribution >= 4 is 11.7 Å². The average Bonchev–Trinajstić information content (AvgIpc) is 2.89. The number of nitrogens with zero attached hydrogens (tertiary/aromatic N) is 3. The van der Waals surface area contributed by atoms with Gasteiger partial charge in [-0.3, -0.25) is 9.89 Å². The van der Waals surface area contributed by atoms with Crippen molar-refractivity contribution in [3.63, 3.8) is 0 Å². The zero-order chi connectivity index (χ0) is 13.9. The number of hydrogen-bond donors (Lipinski definition) is 2. The number of nitrogens with one attached hydrogen (secondary N) is 2. The summed E-state index contributed by atoms with van der Waals surface area (Å²) in [4.78, 5) is 20.5. The SMILES string of the molecule is CCc1cc(=O)n2[nH]c(NCc3ccccc3)nc2n1. The number of aryl methyl sites for hydroxylation is 1. The van der Waals surface area contributed by atoms with Gasteiger partial charge >= 0.3 is 0 Å². The number of fused-ring (bicyclic) bond motifs is 1. The van der Waals surface area contributed by atoms with Crippen molar-refractivity contribution in [1.29, 1.82) is 0 Å². The molecule has 1 aromatic carbocycles. The molecule has 0 aliphatic heterocycles. The molecular formula is C14H15N5O. The van der Waals surface area contributed by atoms with Crippen LogP contribution in [0.25, 0.3) is 5.78 Å². The highest BCUT2D eigenvalue weighted by Gasteiger charge is 2.06. The molecule has 0 unspecified atom stereocenters. The third-order valence-corrected chi connectivity index (χ3v) is 3.05. The van der Waals surface area contributed by atoms with Gasteiger partial charge in [-0.15, -0.1) is 0 Å². The summed E-state index contributed by atoms with van der Waals surface area (Å²) < 4.78 is 1.34. The minimum atomic E-state index is -0.146. The maximum Gasteiger partial charge on any atom is 0.274 e. The largest absolute Gasteiger partial charge is 0.351 e. The van der Waals surface area contributed by atoms with Crippen LogP contribution in [0.5, 0.6) is 0 Å². The molecule has 6 heteroatoms. The van der Waals surface area contributed by atoms with Crippen molar-refractivity contribution in [1.82, 2.24) is 19.6 Å². The van der Waals surface area contributed by atoms with Gasteiger partial charge in [0.1, 0.15) is 0 Å². The van der Waals surface area contributed by atoms with Crippen molar-refractivity contribution in [2.75, 3.05) is 5.32 Å². The number of hydrogen-bond acceptors (Lipinski definition) is 4. The van der Waals surface area contributed by atoms with Gasteiger partial charge in [-0.25, -0.2) is 4.98 Å². The van der Waals surface area contributed by atoms with Gasteiger partial charge in [0.15, 0.2) is 0 Å². The molecule has 2 N–H and O–H groups in total. The minimum absolute atomic E-state index is 0.146. The Bertz CT molecular complexity index is 775. The van der Waals surface area contributed by atoms with Gasteiger partial charge in [0.05, 0.1) is 0 Å². The second kappa shape index (κ2) is 5.16. The molecule has 0 saturated carbocycles. The number of aromatic nitrogens is 4. The van der Waals surface area contributed by atoms with E-state index in [-0.39, 0.29) is 5.56 Å². The van der Waals surface area contributed by atoms with E-state index in [0.717, 1.165) is 11.3 Å². The summed E-state index contributed by atoms with van der Waals surface area (Å²) in [7, 11) is 0. The average molecular weight is 269 g/mol. The number of H-pyrrole nitrogens is 1.